The van der Waals surface area contributed by atoms with Crippen LogP contribution < -0.4 is 5.32 Å². The summed E-state index contributed by atoms with van der Waals surface area (Å²) < 4.78 is 7.54. The van der Waals surface area contributed by atoms with E-state index in [2.05, 4.69) is 10.4 Å². The van der Waals surface area contributed by atoms with E-state index in [9.17, 15) is 4.79 Å². The monoisotopic (exact) mass is 338 g/mol. The first-order valence-electron chi connectivity index (χ1n) is 6.81. The highest BCUT2D eigenvalue weighted by atomic mass is 35.5. The second-order valence-corrected chi connectivity index (χ2v) is 4.77. The molecule has 8 heteroatoms. The van der Waals surface area contributed by atoms with Crippen LogP contribution in [0.1, 0.15) is 12.8 Å². The highest BCUT2D eigenvalue weighted by Crippen LogP contribution is 2.09. The van der Waals surface area contributed by atoms with Gasteiger partial charge in [0.2, 0.25) is 5.91 Å². The van der Waals surface area contributed by atoms with E-state index in [0.29, 0.717) is 32.7 Å². The molecule has 0 aliphatic carbocycles. The first-order valence-corrected chi connectivity index (χ1v) is 6.81. The summed E-state index contributed by atoms with van der Waals surface area (Å²) in [7, 11) is 1.90. The van der Waals surface area contributed by atoms with Gasteiger partial charge in [0, 0.05) is 31.9 Å². The number of rotatable bonds is 6. The van der Waals surface area contributed by atoms with Gasteiger partial charge in [0.15, 0.2) is 0 Å². The summed E-state index contributed by atoms with van der Waals surface area (Å²) in [5, 5.41) is 7.22. The molecule has 1 fully saturated rings. The average molecular weight is 339 g/mol. The van der Waals surface area contributed by atoms with Crippen LogP contribution in [0.3, 0.4) is 0 Å². The lowest BCUT2D eigenvalue weighted by atomic mass is 10.2. The maximum atomic E-state index is 12.0. The zero-order chi connectivity index (χ0) is 13.5. The van der Waals surface area contributed by atoms with Gasteiger partial charge >= 0.3 is 0 Å². The van der Waals surface area contributed by atoms with E-state index in [-0.39, 0.29) is 36.8 Å². The molecule has 1 aliphatic heterocycles. The minimum Gasteiger partial charge on any atom is -0.373 e. The number of nitrogens with one attached hydrogen (secondary N) is 1. The zero-order valence-electron chi connectivity index (χ0n) is 12.2. The molecule has 1 saturated heterocycles. The Hall–Kier alpha value is -0.820. The summed E-state index contributed by atoms with van der Waals surface area (Å²) in [5.41, 5.74) is 0. The second kappa shape index (κ2) is 10.8. The van der Waals surface area contributed by atoms with Gasteiger partial charge in [-0.15, -0.1) is 24.8 Å². The lowest BCUT2D eigenvalue weighted by Crippen LogP contribution is -2.47. The van der Waals surface area contributed by atoms with Crippen LogP contribution in [0.4, 0.5) is 0 Å². The van der Waals surface area contributed by atoms with Crippen molar-refractivity contribution in [2.24, 2.45) is 0 Å². The highest BCUT2D eigenvalue weighted by Gasteiger charge is 2.24. The number of hydrogen-bond acceptors (Lipinski definition) is 4. The van der Waals surface area contributed by atoms with Gasteiger partial charge in [-0.1, -0.05) is 0 Å². The molecule has 1 aromatic rings. The molecule has 2 heterocycles. The molecule has 0 bridgehead atoms. The van der Waals surface area contributed by atoms with Gasteiger partial charge in [-0.3, -0.25) is 9.48 Å². The van der Waals surface area contributed by atoms with Crippen molar-refractivity contribution in [3.63, 3.8) is 0 Å². The molecule has 1 unspecified atom stereocenters. The van der Waals surface area contributed by atoms with Crippen LogP contribution in [-0.4, -0.2) is 60.0 Å². The standard InChI is InChI=1S/C13H22N4O2.2ClH/c1-14-5-2-4-13(18)16-8-9-19-12(10-16)11-17-7-3-6-15-17;;/h3,6-7,12,14H,2,4-5,8-11H2,1H3;2*1H. The minimum atomic E-state index is 0. The maximum absolute atomic E-state index is 12.0. The molecule has 1 N–H and O–H groups in total. The molecule has 0 saturated carbocycles. The summed E-state index contributed by atoms with van der Waals surface area (Å²) in [6, 6.07) is 1.89. The van der Waals surface area contributed by atoms with Crippen molar-refractivity contribution in [1.29, 1.82) is 0 Å². The second-order valence-electron chi connectivity index (χ2n) is 4.77. The molecule has 1 amide bonds. The number of ether oxygens (including phenoxy) is 1. The van der Waals surface area contributed by atoms with Gasteiger partial charge in [-0.2, -0.15) is 5.10 Å². The Kier molecular flexibility index (Phi) is 10.4. The Balaban J connectivity index is 0.00000200. The van der Waals surface area contributed by atoms with Gasteiger partial charge in [-0.25, -0.2) is 0 Å². The van der Waals surface area contributed by atoms with E-state index in [1.165, 1.54) is 0 Å². The number of carbonyl (C=O) groups is 1. The first-order chi connectivity index (χ1) is 9.29. The quantitative estimate of drug-likeness (QED) is 0.784. The molecule has 21 heavy (non-hydrogen) atoms. The Morgan fingerprint density at radius 1 is 1.48 bits per heavy atom. The third-order valence-corrected chi connectivity index (χ3v) is 3.26. The van der Waals surface area contributed by atoms with Crippen LogP contribution in [-0.2, 0) is 16.1 Å². The topological polar surface area (TPSA) is 59.4 Å². The van der Waals surface area contributed by atoms with Crippen LogP contribution in [0.25, 0.3) is 0 Å². The fourth-order valence-corrected chi connectivity index (χ4v) is 2.25. The number of amides is 1. The summed E-state index contributed by atoms with van der Waals surface area (Å²) >= 11 is 0. The third kappa shape index (κ3) is 6.65. The molecular formula is C13H24Cl2N4O2. The van der Waals surface area contributed by atoms with Crippen molar-refractivity contribution in [3.8, 4) is 0 Å². The predicted molar refractivity (Wildman–Crippen MR) is 86.2 cm³/mol. The summed E-state index contributed by atoms with van der Waals surface area (Å²) in [6.45, 7) is 3.57. The van der Waals surface area contributed by atoms with Gasteiger partial charge in [0.25, 0.3) is 0 Å². The van der Waals surface area contributed by atoms with E-state index in [4.69, 9.17) is 4.74 Å². The Morgan fingerprint density at radius 3 is 2.95 bits per heavy atom. The number of nitrogens with zero attached hydrogens (tertiary/aromatic N) is 3. The summed E-state index contributed by atoms with van der Waals surface area (Å²) in [4.78, 5) is 14.0. The average Bonchev–Trinajstić information content (AvgIpc) is 2.92. The molecule has 1 atom stereocenters. The smallest absolute Gasteiger partial charge is 0.222 e. The molecule has 122 valence electrons. The van der Waals surface area contributed by atoms with Crippen molar-refractivity contribution < 1.29 is 9.53 Å². The van der Waals surface area contributed by atoms with E-state index < -0.39 is 0 Å². The fraction of sp³-hybridized carbons (Fsp3) is 0.692. The summed E-state index contributed by atoms with van der Waals surface area (Å²) in [5.74, 6) is 0.226. The zero-order valence-corrected chi connectivity index (χ0v) is 13.9. The maximum Gasteiger partial charge on any atom is 0.222 e. The Labute approximate surface area is 138 Å². The molecule has 0 spiro atoms. The van der Waals surface area contributed by atoms with Crippen molar-refractivity contribution >= 4 is 30.7 Å². The van der Waals surface area contributed by atoms with E-state index >= 15 is 0 Å². The Morgan fingerprint density at radius 2 is 2.29 bits per heavy atom. The lowest BCUT2D eigenvalue weighted by molar-refractivity contribution is -0.139. The third-order valence-electron chi connectivity index (χ3n) is 3.26. The molecule has 6 nitrogen and oxygen atoms in total. The van der Waals surface area contributed by atoms with E-state index in [0.717, 1.165) is 13.0 Å². The molecule has 2 rings (SSSR count). The van der Waals surface area contributed by atoms with E-state index in [1.54, 1.807) is 6.20 Å². The van der Waals surface area contributed by atoms with Crippen LogP contribution in [0, 0.1) is 0 Å². The fourth-order valence-electron chi connectivity index (χ4n) is 2.25. The highest BCUT2D eigenvalue weighted by molar-refractivity contribution is 5.85. The first kappa shape index (κ1) is 20.2. The van der Waals surface area contributed by atoms with E-state index in [1.807, 2.05) is 28.9 Å². The van der Waals surface area contributed by atoms with Crippen LogP contribution in [0.5, 0.6) is 0 Å². The van der Waals surface area contributed by atoms with Crippen molar-refractivity contribution in [2.45, 2.75) is 25.5 Å². The van der Waals surface area contributed by atoms with Gasteiger partial charge in [0.05, 0.1) is 19.3 Å². The van der Waals surface area contributed by atoms with Gasteiger partial charge in [0.1, 0.15) is 0 Å². The number of halogens is 2. The van der Waals surface area contributed by atoms with Crippen molar-refractivity contribution in [2.75, 3.05) is 33.3 Å². The Bertz CT molecular complexity index is 390. The minimum absolute atomic E-state index is 0. The number of carbonyl (C=O) groups excluding carboxylic acids is 1. The molecule has 0 aromatic carbocycles. The molecule has 1 aromatic heterocycles. The largest absolute Gasteiger partial charge is 0.373 e. The molecular weight excluding hydrogens is 315 g/mol. The van der Waals surface area contributed by atoms with Gasteiger partial charge in [-0.05, 0) is 26.1 Å². The predicted octanol–water partition coefficient (Wildman–Crippen LogP) is 0.954. The van der Waals surface area contributed by atoms with Crippen LogP contribution >= 0.6 is 24.8 Å². The molecule has 0 radical (unpaired) electrons. The SMILES string of the molecule is CNCCCC(=O)N1CCOC(Cn2cccn2)C1.Cl.Cl. The normalized spacial score (nSPS) is 17.8. The van der Waals surface area contributed by atoms with Gasteiger partial charge < -0.3 is 15.0 Å². The van der Waals surface area contributed by atoms with Crippen LogP contribution in [0.15, 0.2) is 18.5 Å². The number of hydrogen-bond donors (Lipinski definition) is 1. The van der Waals surface area contributed by atoms with Crippen molar-refractivity contribution in [1.82, 2.24) is 20.0 Å². The number of aromatic nitrogens is 2. The van der Waals surface area contributed by atoms with Crippen LogP contribution in [0.2, 0.25) is 0 Å². The summed E-state index contributed by atoms with van der Waals surface area (Å²) in [6.07, 6.45) is 5.20. The molecule has 1 aliphatic rings. The van der Waals surface area contributed by atoms with Crippen molar-refractivity contribution in [3.05, 3.63) is 18.5 Å². The number of morpholine rings is 1. The lowest BCUT2D eigenvalue weighted by Gasteiger charge is -2.33.